The number of ether oxygens (including phenoxy) is 2. The van der Waals surface area contributed by atoms with E-state index < -0.39 is 5.82 Å². The number of methoxy groups -OCH3 is 1. The number of halogens is 2. The Morgan fingerprint density at radius 3 is 3.00 bits per heavy atom. The Kier molecular flexibility index (Phi) is 3.40. The number of nitrogens with one attached hydrogen (secondary N) is 1. The molecule has 1 N–H and O–H groups in total. The minimum atomic E-state index is -0.487. The molecule has 0 saturated carbocycles. The summed E-state index contributed by atoms with van der Waals surface area (Å²) in [5.41, 5.74) is 1.67. The van der Waals surface area contributed by atoms with Gasteiger partial charge in [-0.05, 0) is 23.8 Å². The Morgan fingerprint density at radius 1 is 1.35 bits per heavy atom. The van der Waals surface area contributed by atoms with Crippen LogP contribution in [0.1, 0.15) is 11.7 Å². The van der Waals surface area contributed by atoms with Crippen molar-refractivity contribution >= 4 is 17.3 Å². The van der Waals surface area contributed by atoms with E-state index >= 15 is 0 Å². The minimum absolute atomic E-state index is 0.0830. The maximum Gasteiger partial charge on any atom is 0.146 e. The van der Waals surface area contributed by atoms with Crippen LogP contribution in [0.15, 0.2) is 36.4 Å². The average molecular weight is 294 g/mol. The van der Waals surface area contributed by atoms with Gasteiger partial charge in [-0.1, -0.05) is 23.7 Å². The zero-order valence-electron chi connectivity index (χ0n) is 10.8. The van der Waals surface area contributed by atoms with Crippen LogP contribution >= 0.6 is 11.6 Å². The maximum absolute atomic E-state index is 13.5. The molecule has 0 aromatic heterocycles. The quantitative estimate of drug-likeness (QED) is 0.907. The van der Waals surface area contributed by atoms with Gasteiger partial charge < -0.3 is 14.8 Å². The number of anilines is 1. The highest BCUT2D eigenvalue weighted by Crippen LogP contribution is 2.37. The molecule has 1 atom stereocenters. The highest BCUT2D eigenvalue weighted by molar-refractivity contribution is 6.31. The molecule has 3 nitrogen and oxygen atoms in total. The monoisotopic (exact) mass is 293 g/mol. The Balaban J connectivity index is 1.89. The van der Waals surface area contributed by atoms with Gasteiger partial charge >= 0.3 is 0 Å². The van der Waals surface area contributed by atoms with Crippen molar-refractivity contribution in [3.8, 4) is 11.5 Å². The molecule has 3 rings (SSSR count). The van der Waals surface area contributed by atoms with E-state index in [2.05, 4.69) is 5.32 Å². The number of rotatable bonds is 2. The fraction of sp³-hybridized carbons (Fsp3) is 0.200. The second-order valence-corrected chi connectivity index (χ2v) is 4.93. The van der Waals surface area contributed by atoms with Crippen LogP contribution in [-0.4, -0.2) is 13.7 Å². The van der Waals surface area contributed by atoms with Crippen LogP contribution < -0.4 is 14.8 Å². The summed E-state index contributed by atoms with van der Waals surface area (Å²) in [5, 5.41) is 3.28. The predicted octanol–water partition coefficient (Wildman–Crippen LogP) is 4.03. The summed E-state index contributed by atoms with van der Waals surface area (Å²) >= 11 is 5.75. The number of benzene rings is 2. The van der Waals surface area contributed by atoms with Crippen molar-refractivity contribution in [1.29, 1.82) is 0 Å². The lowest BCUT2D eigenvalue weighted by Gasteiger charge is -2.28. The van der Waals surface area contributed by atoms with Gasteiger partial charge in [-0.3, -0.25) is 0 Å². The summed E-state index contributed by atoms with van der Waals surface area (Å²) in [4.78, 5) is 0. The first-order valence-corrected chi connectivity index (χ1v) is 6.58. The largest absolute Gasteiger partial charge is 0.497 e. The molecule has 2 aromatic carbocycles. The standard InChI is InChI=1S/C15H13ClFNO2/c1-19-10-4-2-3-9(5-10)15-8-18-13-6-11(16)12(17)7-14(13)20-15/h2-7,15,18H,8H2,1H3. The Morgan fingerprint density at radius 2 is 2.20 bits per heavy atom. The number of fused-ring (bicyclic) bond motifs is 1. The molecule has 0 fully saturated rings. The zero-order valence-corrected chi connectivity index (χ0v) is 11.6. The summed E-state index contributed by atoms with van der Waals surface area (Å²) in [5.74, 6) is 0.740. The number of hydrogen-bond acceptors (Lipinski definition) is 3. The van der Waals surface area contributed by atoms with E-state index in [1.807, 2.05) is 24.3 Å². The molecule has 1 heterocycles. The van der Waals surface area contributed by atoms with Gasteiger partial charge in [-0.15, -0.1) is 0 Å². The van der Waals surface area contributed by atoms with E-state index in [9.17, 15) is 4.39 Å². The number of hydrogen-bond donors (Lipinski definition) is 1. The Hall–Kier alpha value is -1.94. The first-order valence-electron chi connectivity index (χ1n) is 6.21. The molecule has 1 unspecified atom stereocenters. The molecule has 0 bridgehead atoms. The van der Waals surface area contributed by atoms with Gasteiger partial charge in [0.2, 0.25) is 0 Å². The summed E-state index contributed by atoms with van der Waals surface area (Å²) < 4.78 is 24.5. The highest BCUT2D eigenvalue weighted by Gasteiger charge is 2.22. The Labute approximate surface area is 121 Å². The minimum Gasteiger partial charge on any atom is -0.497 e. The fourth-order valence-corrected chi connectivity index (χ4v) is 2.35. The predicted molar refractivity (Wildman–Crippen MR) is 76.3 cm³/mol. The first kappa shape index (κ1) is 13.1. The first-order chi connectivity index (χ1) is 9.67. The van der Waals surface area contributed by atoms with Crippen molar-refractivity contribution in [1.82, 2.24) is 0 Å². The molecule has 0 aliphatic carbocycles. The van der Waals surface area contributed by atoms with E-state index in [0.717, 1.165) is 11.3 Å². The molecule has 1 aliphatic heterocycles. The molecular weight excluding hydrogens is 281 g/mol. The summed E-state index contributed by atoms with van der Waals surface area (Å²) in [7, 11) is 1.62. The van der Waals surface area contributed by atoms with Crippen molar-refractivity contribution in [3.05, 3.63) is 52.8 Å². The third kappa shape index (κ3) is 2.39. The third-order valence-electron chi connectivity index (χ3n) is 3.24. The molecule has 0 saturated heterocycles. The van der Waals surface area contributed by atoms with Gasteiger partial charge in [0.25, 0.3) is 0 Å². The molecule has 0 amide bonds. The molecule has 0 spiro atoms. The smallest absolute Gasteiger partial charge is 0.146 e. The van der Waals surface area contributed by atoms with Crippen LogP contribution in [0.4, 0.5) is 10.1 Å². The maximum atomic E-state index is 13.5. The van der Waals surface area contributed by atoms with Crippen molar-refractivity contribution in [2.75, 3.05) is 19.0 Å². The van der Waals surface area contributed by atoms with Crippen molar-refractivity contribution in [2.45, 2.75) is 6.10 Å². The fourth-order valence-electron chi connectivity index (χ4n) is 2.19. The SMILES string of the molecule is COc1cccc(C2CNc3cc(Cl)c(F)cc3O2)c1. The molecule has 1 aliphatic rings. The van der Waals surface area contributed by atoms with E-state index in [1.54, 1.807) is 7.11 Å². The van der Waals surface area contributed by atoms with E-state index in [1.165, 1.54) is 12.1 Å². The highest BCUT2D eigenvalue weighted by atomic mass is 35.5. The molecule has 2 aromatic rings. The van der Waals surface area contributed by atoms with Crippen LogP contribution in [0, 0.1) is 5.82 Å². The topological polar surface area (TPSA) is 30.5 Å². The summed E-state index contributed by atoms with van der Waals surface area (Å²) in [6, 6.07) is 10.5. The van der Waals surface area contributed by atoms with Crippen LogP contribution in [0.25, 0.3) is 0 Å². The average Bonchev–Trinajstić information content (AvgIpc) is 2.48. The van der Waals surface area contributed by atoms with Gasteiger partial charge in [0.15, 0.2) is 0 Å². The zero-order chi connectivity index (χ0) is 14.1. The summed E-state index contributed by atoms with van der Waals surface area (Å²) in [6.07, 6.45) is -0.196. The van der Waals surface area contributed by atoms with Crippen LogP contribution in [-0.2, 0) is 0 Å². The molecule has 104 valence electrons. The van der Waals surface area contributed by atoms with Crippen LogP contribution in [0.2, 0.25) is 5.02 Å². The van der Waals surface area contributed by atoms with Crippen molar-refractivity contribution in [3.63, 3.8) is 0 Å². The lowest BCUT2D eigenvalue weighted by molar-refractivity contribution is 0.209. The van der Waals surface area contributed by atoms with Gasteiger partial charge in [0.05, 0.1) is 24.4 Å². The van der Waals surface area contributed by atoms with Crippen molar-refractivity contribution in [2.24, 2.45) is 0 Å². The van der Waals surface area contributed by atoms with Gasteiger partial charge in [-0.25, -0.2) is 4.39 Å². The normalized spacial score (nSPS) is 16.9. The lowest BCUT2D eigenvalue weighted by atomic mass is 10.1. The van der Waals surface area contributed by atoms with Crippen molar-refractivity contribution < 1.29 is 13.9 Å². The second kappa shape index (κ2) is 5.21. The lowest BCUT2D eigenvalue weighted by Crippen LogP contribution is -2.23. The Bertz CT molecular complexity index is 648. The second-order valence-electron chi connectivity index (χ2n) is 4.53. The molecule has 5 heteroatoms. The van der Waals surface area contributed by atoms with E-state index in [0.29, 0.717) is 18.0 Å². The third-order valence-corrected chi connectivity index (χ3v) is 3.52. The van der Waals surface area contributed by atoms with Gasteiger partial charge in [0.1, 0.15) is 23.4 Å². The molecule has 20 heavy (non-hydrogen) atoms. The molecular formula is C15H13ClFNO2. The summed E-state index contributed by atoms with van der Waals surface area (Å²) in [6.45, 7) is 0.585. The van der Waals surface area contributed by atoms with Crippen LogP contribution in [0.5, 0.6) is 11.5 Å². The van der Waals surface area contributed by atoms with Crippen LogP contribution in [0.3, 0.4) is 0 Å². The van der Waals surface area contributed by atoms with E-state index in [-0.39, 0.29) is 11.1 Å². The molecule has 0 radical (unpaired) electrons. The van der Waals surface area contributed by atoms with Gasteiger partial charge in [-0.2, -0.15) is 0 Å². The van der Waals surface area contributed by atoms with E-state index in [4.69, 9.17) is 21.1 Å². The van der Waals surface area contributed by atoms with Gasteiger partial charge in [0, 0.05) is 6.07 Å².